The number of rotatable bonds is 6. The zero-order chi connectivity index (χ0) is 22.0. The first-order valence-corrected chi connectivity index (χ1v) is 10.4. The van der Waals surface area contributed by atoms with Crippen LogP contribution in [0.4, 0.5) is 11.4 Å². The largest absolute Gasteiger partial charge is 0.439 e. The first-order valence-electron chi connectivity index (χ1n) is 8.75. The highest BCUT2D eigenvalue weighted by Gasteiger charge is 2.20. The zero-order valence-electron chi connectivity index (χ0n) is 15.8. The van der Waals surface area contributed by atoms with Gasteiger partial charge in [0.25, 0.3) is 11.6 Å². The van der Waals surface area contributed by atoms with E-state index in [-0.39, 0.29) is 17.1 Å². The maximum absolute atomic E-state index is 12.7. The van der Waals surface area contributed by atoms with Gasteiger partial charge in [-0.15, -0.1) is 11.3 Å². The van der Waals surface area contributed by atoms with E-state index >= 15 is 0 Å². The fraction of sp³-hybridized carbons (Fsp3) is 0.0526. The summed E-state index contributed by atoms with van der Waals surface area (Å²) in [6.45, 7) is 1.84. The van der Waals surface area contributed by atoms with Gasteiger partial charge in [-0.25, -0.2) is 9.78 Å². The summed E-state index contributed by atoms with van der Waals surface area (Å²) >= 11 is 2.57. The lowest BCUT2D eigenvalue weighted by Crippen LogP contribution is -2.12. The molecule has 0 saturated carbocycles. The number of aromatic nitrogens is 3. The SMILES string of the molecule is Cc1csc(Sc2ccc(C(=O)Nc3cccc(-c4noc(=O)[nH]4)c3)cc2[N+](=O)[O-])n1. The molecule has 1 amide bonds. The monoisotopic (exact) mass is 455 g/mol. The number of amides is 1. The Balaban J connectivity index is 1.56. The lowest BCUT2D eigenvalue weighted by atomic mass is 10.1. The predicted molar refractivity (Wildman–Crippen MR) is 115 cm³/mol. The van der Waals surface area contributed by atoms with Crippen LogP contribution >= 0.6 is 23.1 Å². The fourth-order valence-corrected chi connectivity index (χ4v) is 4.54. The quantitative estimate of drug-likeness (QED) is 0.326. The lowest BCUT2D eigenvalue weighted by molar-refractivity contribution is -0.387. The Bertz CT molecular complexity index is 1340. The van der Waals surface area contributed by atoms with Crippen LogP contribution < -0.4 is 11.1 Å². The summed E-state index contributed by atoms with van der Waals surface area (Å²) in [7, 11) is 0. The predicted octanol–water partition coefficient (Wildman–Crippen LogP) is 4.11. The molecule has 2 heterocycles. The Morgan fingerprint density at radius 2 is 2.13 bits per heavy atom. The number of nitrogens with zero attached hydrogens (tertiary/aromatic N) is 3. The number of anilines is 1. The van der Waals surface area contributed by atoms with Crippen LogP contribution in [0, 0.1) is 17.0 Å². The topological polar surface area (TPSA) is 144 Å². The van der Waals surface area contributed by atoms with E-state index in [1.54, 1.807) is 24.3 Å². The van der Waals surface area contributed by atoms with Crippen molar-refractivity contribution in [3.8, 4) is 11.4 Å². The number of aryl methyl sites for hydroxylation is 1. The van der Waals surface area contributed by atoms with Crippen molar-refractivity contribution in [2.24, 2.45) is 0 Å². The number of H-pyrrole nitrogens is 1. The molecule has 0 aliphatic heterocycles. The highest BCUT2D eigenvalue weighted by Crippen LogP contribution is 2.37. The van der Waals surface area contributed by atoms with Crippen LogP contribution in [0.3, 0.4) is 0 Å². The van der Waals surface area contributed by atoms with Gasteiger partial charge in [-0.3, -0.25) is 24.4 Å². The Morgan fingerprint density at radius 3 is 2.81 bits per heavy atom. The number of thiazole rings is 1. The molecule has 0 aliphatic carbocycles. The number of aromatic amines is 1. The number of nitro groups is 1. The van der Waals surface area contributed by atoms with Gasteiger partial charge in [0, 0.05) is 34.0 Å². The van der Waals surface area contributed by atoms with Crippen molar-refractivity contribution in [2.45, 2.75) is 16.2 Å². The molecule has 0 fully saturated rings. The molecule has 2 N–H and O–H groups in total. The van der Waals surface area contributed by atoms with Gasteiger partial charge >= 0.3 is 5.76 Å². The van der Waals surface area contributed by atoms with Gasteiger partial charge in [-0.1, -0.05) is 29.1 Å². The highest BCUT2D eigenvalue weighted by atomic mass is 32.2. The molecule has 31 heavy (non-hydrogen) atoms. The first kappa shape index (κ1) is 20.5. The molecule has 0 aliphatic rings. The normalized spacial score (nSPS) is 10.7. The Morgan fingerprint density at radius 1 is 1.29 bits per heavy atom. The summed E-state index contributed by atoms with van der Waals surface area (Å²) in [5.74, 6) is -0.992. The molecule has 2 aromatic carbocycles. The summed E-state index contributed by atoms with van der Waals surface area (Å²) in [6.07, 6.45) is 0. The number of benzene rings is 2. The molecule has 4 aromatic rings. The minimum atomic E-state index is -0.692. The van der Waals surface area contributed by atoms with Crippen LogP contribution in [0.15, 0.2) is 66.4 Å². The second kappa shape index (κ2) is 8.53. The third-order valence-electron chi connectivity index (χ3n) is 4.05. The van der Waals surface area contributed by atoms with Crippen molar-refractivity contribution in [1.82, 2.24) is 15.1 Å². The molecule has 10 nitrogen and oxygen atoms in total. The zero-order valence-corrected chi connectivity index (χ0v) is 17.5. The van der Waals surface area contributed by atoms with E-state index in [0.29, 0.717) is 20.5 Å². The first-order chi connectivity index (χ1) is 14.9. The van der Waals surface area contributed by atoms with Crippen LogP contribution in [0.5, 0.6) is 0 Å². The summed E-state index contributed by atoms with van der Waals surface area (Å²) in [6, 6.07) is 10.9. The molecule has 12 heteroatoms. The third kappa shape index (κ3) is 4.70. The van der Waals surface area contributed by atoms with E-state index in [2.05, 4.69) is 25.0 Å². The van der Waals surface area contributed by atoms with Gasteiger partial charge in [-0.2, -0.15) is 0 Å². The Labute approximate surface area is 182 Å². The highest BCUT2D eigenvalue weighted by molar-refractivity contribution is 8.01. The molecule has 0 radical (unpaired) electrons. The van der Waals surface area contributed by atoms with E-state index in [1.165, 1.54) is 41.3 Å². The van der Waals surface area contributed by atoms with E-state index in [1.807, 2.05) is 12.3 Å². The van der Waals surface area contributed by atoms with Crippen molar-refractivity contribution in [2.75, 3.05) is 5.32 Å². The number of nitrogens with one attached hydrogen (secondary N) is 2. The minimum Gasteiger partial charge on any atom is -0.322 e. The Hall–Kier alpha value is -3.77. The van der Waals surface area contributed by atoms with Gasteiger partial charge in [0.2, 0.25) is 0 Å². The molecule has 0 unspecified atom stereocenters. The van der Waals surface area contributed by atoms with Crippen molar-refractivity contribution >= 4 is 40.4 Å². The van der Waals surface area contributed by atoms with Crippen molar-refractivity contribution in [3.05, 3.63) is 79.8 Å². The lowest BCUT2D eigenvalue weighted by Gasteiger charge is -2.08. The average Bonchev–Trinajstić information content (AvgIpc) is 3.36. The molecule has 0 bridgehead atoms. The van der Waals surface area contributed by atoms with Crippen LogP contribution in [0.25, 0.3) is 11.4 Å². The molecule has 4 rings (SSSR count). The maximum atomic E-state index is 12.7. The minimum absolute atomic E-state index is 0.131. The summed E-state index contributed by atoms with van der Waals surface area (Å²) in [5, 5.41) is 19.7. The fourth-order valence-electron chi connectivity index (χ4n) is 2.66. The van der Waals surface area contributed by atoms with E-state index in [0.717, 1.165) is 5.69 Å². The van der Waals surface area contributed by atoms with Crippen LogP contribution in [0.2, 0.25) is 0 Å². The second-order valence-corrected chi connectivity index (χ2v) is 8.42. The van der Waals surface area contributed by atoms with E-state index < -0.39 is 16.6 Å². The Kier molecular flexibility index (Phi) is 5.64. The maximum Gasteiger partial charge on any atom is 0.439 e. The van der Waals surface area contributed by atoms with Gasteiger partial charge < -0.3 is 5.32 Å². The molecule has 2 aromatic heterocycles. The summed E-state index contributed by atoms with van der Waals surface area (Å²) in [5.41, 5.74) is 1.74. The molecular formula is C19H13N5O5S2. The standard InChI is InChI=1S/C19H13N5O5S2/c1-10-9-30-19(20-10)31-15-6-5-12(8-14(15)24(27)28)17(25)21-13-4-2-3-11(7-13)16-22-18(26)29-23-16/h2-9H,1H3,(H,21,25)(H,22,23,26). The average molecular weight is 455 g/mol. The van der Waals surface area contributed by atoms with Crippen molar-refractivity contribution < 1.29 is 14.2 Å². The number of hydrogen-bond acceptors (Lipinski definition) is 9. The molecule has 0 atom stereocenters. The summed E-state index contributed by atoms with van der Waals surface area (Å²) < 4.78 is 5.16. The van der Waals surface area contributed by atoms with Gasteiger partial charge in [0.15, 0.2) is 10.2 Å². The number of nitro benzene ring substituents is 1. The van der Waals surface area contributed by atoms with Gasteiger partial charge in [-0.05, 0) is 31.2 Å². The third-order valence-corrected chi connectivity index (χ3v) is 6.17. The van der Waals surface area contributed by atoms with E-state index in [9.17, 15) is 19.7 Å². The number of carbonyl (C=O) groups excluding carboxylic acids is 1. The smallest absolute Gasteiger partial charge is 0.322 e. The molecule has 156 valence electrons. The van der Waals surface area contributed by atoms with E-state index in [4.69, 9.17) is 0 Å². The van der Waals surface area contributed by atoms with Crippen LogP contribution in [0.1, 0.15) is 16.1 Å². The van der Waals surface area contributed by atoms with Crippen molar-refractivity contribution in [1.29, 1.82) is 0 Å². The van der Waals surface area contributed by atoms with Gasteiger partial charge in [0.05, 0.1) is 9.82 Å². The van der Waals surface area contributed by atoms with Crippen LogP contribution in [-0.4, -0.2) is 26.0 Å². The molecule has 0 spiro atoms. The molecule has 0 saturated heterocycles. The van der Waals surface area contributed by atoms with Crippen LogP contribution in [-0.2, 0) is 0 Å². The summed E-state index contributed by atoms with van der Waals surface area (Å²) in [4.78, 5) is 41.9. The number of hydrogen-bond donors (Lipinski definition) is 2. The van der Waals surface area contributed by atoms with Crippen molar-refractivity contribution in [3.63, 3.8) is 0 Å². The molecular weight excluding hydrogens is 442 g/mol. The number of carbonyl (C=O) groups is 1. The second-order valence-electron chi connectivity index (χ2n) is 6.28. The van der Waals surface area contributed by atoms with Gasteiger partial charge in [0.1, 0.15) is 0 Å².